The first-order valence-corrected chi connectivity index (χ1v) is 9.49. The number of hydrogen-bond acceptors (Lipinski definition) is 1. The van der Waals surface area contributed by atoms with E-state index >= 15 is 0 Å². The first-order chi connectivity index (χ1) is 10.3. The molecule has 1 heteroatoms. The van der Waals surface area contributed by atoms with Crippen LogP contribution in [-0.2, 0) is 4.79 Å². The van der Waals surface area contributed by atoms with Crippen LogP contribution >= 0.6 is 0 Å². The monoisotopic (exact) mass is 300 g/mol. The standard InChI is InChI=1S/C21H32O/c1-19(2)9-5-10-21(4)16-8-11-20(3)13-14(22)12-17(20)15(16)6-7-18(19)21/h7,15-17H,5-6,8-13H2,1-4H3/t15-,16+,17+,20-,21-/m1/s1. The topological polar surface area (TPSA) is 17.1 Å². The predicted molar refractivity (Wildman–Crippen MR) is 90.5 cm³/mol. The molecule has 4 aliphatic rings. The van der Waals surface area contributed by atoms with Crippen LogP contribution in [0, 0.1) is 34.0 Å². The Morgan fingerprint density at radius 3 is 2.59 bits per heavy atom. The van der Waals surface area contributed by atoms with Gasteiger partial charge in [-0.05, 0) is 66.1 Å². The van der Waals surface area contributed by atoms with Crippen molar-refractivity contribution >= 4 is 5.78 Å². The summed E-state index contributed by atoms with van der Waals surface area (Å²) in [5.74, 6) is 2.80. The van der Waals surface area contributed by atoms with E-state index in [-0.39, 0.29) is 0 Å². The summed E-state index contributed by atoms with van der Waals surface area (Å²) in [6.07, 6.45) is 12.3. The maximum absolute atomic E-state index is 12.1. The molecule has 0 bridgehead atoms. The second kappa shape index (κ2) is 4.48. The molecule has 3 saturated carbocycles. The molecule has 4 aliphatic carbocycles. The van der Waals surface area contributed by atoms with E-state index in [9.17, 15) is 4.79 Å². The predicted octanol–water partition coefficient (Wildman–Crippen LogP) is 5.54. The smallest absolute Gasteiger partial charge is 0.133 e. The zero-order chi connectivity index (χ0) is 15.8. The van der Waals surface area contributed by atoms with Gasteiger partial charge in [-0.25, -0.2) is 0 Å². The summed E-state index contributed by atoms with van der Waals surface area (Å²) in [6.45, 7) is 9.90. The average molecular weight is 300 g/mol. The van der Waals surface area contributed by atoms with Gasteiger partial charge in [0, 0.05) is 12.8 Å². The molecule has 0 aliphatic heterocycles. The molecule has 0 aromatic heterocycles. The quantitative estimate of drug-likeness (QED) is 0.536. The molecule has 5 atom stereocenters. The van der Waals surface area contributed by atoms with E-state index in [1.807, 2.05) is 0 Å². The Hall–Kier alpha value is -0.590. The second-order valence-electron chi connectivity index (χ2n) is 10.00. The maximum atomic E-state index is 12.1. The summed E-state index contributed by atoms with van der Waals surface area (Å²) >= 11 is 0. The zero-order valence-electron chi connectivity index (χ0n) is 14.9. The summed E-state index contributed by atoms with van der Waals surface area (Å²) < 4.78 is 0. The van der Waals surface area contributed by atoms with E-state index in [0.717, 1.165) is 24.7 Å². The molecule has 0 radical (unpaired) electrons. The molecule has 0 heterocycles. The number of rotatable bonds is 0. The highest BCUT2D eigenvalue weighted by molar-refractivity contribution is 5.82. The van der Waals surface area contributed by atoms with E-state index in [2.05, 4.69) is 33.8 Å². The lowest BCUT2D eigenvalue weighted by Crippen LogP contribution is -2.50. The van der Waals surface area contributed by atoms with Gasteiger partial charge in [-0.3, -0.25) is 4.79 Å². The highest BCUT2D eigenvalue weighted by atomic mass is 16.1. The van der Waals surface area contributed by atoms with Crippen LogP contribution in [-0.4, -0.2) is 5.78 Å². The molecule has 0 aromatic carbocycles. The largest absolute Gasteiger partial charge is 0.300 e. The Balaban J connectivity index is 1.74. The van der Waals surface area contributed by atoms with Gasteiger partial charge in [0.1, 0.15) is 5.78 Å². The Morgan fingerprint density at radius 1 is 1.05 bits per heavy atom. The number of allylic oxidation sites excluding steroid dienone is 2. The van der Waals surface area contributed by atoms with Crippen molar-refractivity contribution < 1.29 is 4.79 Å². The minimum absolute atomic E-state index is 0.324. The molecule has 0 saturated heterocycles. The SMILES string of the molecule is CC1(C)CCC[C@@]2(C)C1=CC[C@H]1[C@@H]3CC(=O)C[C@@]3(C)CC[C@@H]12. The summed E-state index contributed by atoms with van der Waals surface area (Å²) in [7, 11) is 0. The van der Waals surface area contributed by atoms with Crippen LogP contribution < -0.4 is 0 Å². The number of Topliss-reactive ketones (excluding diaryl/α,β-unsaturated/α-hetero) is 1. The van der Waals surface area contributed by atoms with E-state index in [0.29, 0.717) is 27.9 Å². The molecule has 3 fully saturated rings. The van der Waals surface area contributed by atoms with Crippen molar-refractivity contribution in [3.63, 3.8) is 0 Å². The molecular formula is C21H32O. The van der Waals surface area contributed by atoms with Gasteiger partial charge in [-0.2, -0.15) is 0 Å². The first kappa shape index (κ1) is 15.0. The van der Waals surface area contributed by atoms with Crippen molar-refractivity contribution in [2.24, 2.45) is 34.0 Å². The normalized spacial score (nSPS) is 49.9. The van der Waals surface area contributed by atoms with Crippen molar-refractivity contribution in [1.82, 2.24) is 0 Å². The lowest BCUT2D eigenvalue weighted by molar-refractivity contribution is -0.118. The highest BCUT2D eigenvalue weighted by Gasteiger charge is 2.58. The van der Waals surface area contributed by atoms with Gasteiger partial charge in [0.05, 0.1) is 0 Å². The van der Waals surface area contributed by atoms with Crippen molar-refractivity contribution in [3.8, 4) is 0 Å². The fraction of sp³-hybridized carbons (Fsp3) is 0.857. The maximum Gasteiger partial charge on any atom is 0.133 e. The lowest BCUT2D eigenvalue weighted by atomic mass is 9.45. The average Bonchev–Trinajstić information content (AvgIpc) is 2.72. The molecule has 0 unspecified atom stereocenters. The molecule has 22 heavy (non-hydrogen) atoms. The van der Waals surface area contributed by atoms with Crippen LogP contribution in [0.3, 0.4) is 0 Å². The van der Waals surface area contributed by atoms with Crippen molar-refractivity contribution in [2.75, 3.05) is 0 Å². The molecule has 4 rings (SSSR count). The Labute approximate surface area is 135 Å². The van der Waals surface area contributed by atoms with Gasteiger partial charge in [0.25, 0.3) is 0 Å². The van der Waals surface area contributed by atoms with Gasteiger partial charge in [0.2, 0.25) is 0 Å². The van der Waals surface area contributed by atoms with Crippen LogP contribution in [0.25, 0.3) is 0 Å². The Morgan fingerprint density at radius 2 is 1.82 bits per heavy atom. The van der Waals surface area contributed by atoms with Crippen molar-refractivity contribution in [2.45, 2.75) is 79.1 Å². The fourth-order valence-electron chi connectivity index (χ4n) is 7.28. The van der Waals surface area contributed by atoms with Crippen LogP contribution in [0.4, 0.5) is 0 Å². The number of hydrogen-bond donors (Lipinski definition) is 0. The van der Waals surface area contributed by atoms with E-state index in [4.69, 9.17) is 0 Å². The lowest BCUT2D eigenvalue weighted by Gasteiger charge is -2.59. The molecule has 122 valence electrons. The Bertz CT molecular complexity index is 542. The minimum Gasteiger partial charge on any atom is -0.300 e. The molecule has 0 amide bonds. The van der Waals surface area contributed by atoms with Gasteiger partial charge < -0.3 is 0 Å². The Kier molecular flexibility index (Phi) is 3.05. The molecule has 1 nitrogen and oxygen atoms in total. The van der Waals surface area contributed by atoms with Gasteiger partial charge in [-0.1, -0.05) is 45.8 Å². The molecule has 0 N–H and O–H groups in total. The van der Waals surface area contributed by atoms with Crippen LogP contribution in [0.5, 0.6) is 0 Å². The van der Waals surface area contributed by atoms with Crippen LogP contribution in [0.2, 0.25) is 0 Å². The first-order valence-electron chi connectivity index (χ1n) is 9.49. The molecule has 0 aromatic rings. The summed E-state index contributed by atoms with van der Waals surface area (Å²) in [5.41, 5.74) is 2.90. The summed E-state index contributed by atoms with van der Waals surface area (Å²) in [6, 6.07) is 0. The number of carbonyl (C=O) groups excluding carboxylic acids is 1. The van der Waals surface area contributed by atoms with Crippen molar-refractivity contribution in [3.05, 3.63) is 11.6 Å². The minimum atomic E-state index is 0.324. The fourth-order valence-corrected chi connectivity index (χ4v) is 7.28. The van der Waals surface area contributed by atoms with Crippen LogP contribution in [0.1, 0.15) is 79.1 Å². The highest BCUT2D eigenvalue weighted by Crippen LogP contribution is 2.66. The van der Waals surface area contributed by atoms with E-state index in [1.54, 1.807) is 5.57 Å². The number of fused-ring (bicyclic) bond motifs is 5. The van der Waals surface area contributed by atoms with Crippen molar-refractivity contribution in [1.29, 1.82) is 0 Å². The van der Waals surface area contributed by atoms with Gasteiger partial charge in [0.15, 0.2) is 0 Å². The zero-order valence-corrected chi connectivity index (χ0v) is 14.9. The third-order valence-corrected chi connectivity index (χ3v) is 8.26. The third-order valence-electron chi connectivity index (χ3n) is 8.26. The molecule has 0 spiro atoms. The number of carbonyl (C=O) groups is 1. The van der Waals surface area contributed by atoms with Gasteiger partial charge in [-0.15, -0.1) is 0 Å². The summed E-state index contributed by atoms with van der Waals surface area (Å²) in [4.78, 5) is 12.1. The summed E-state index contributed by atoms with van der Waals surface area (Å²) in [5, 5.41) is 0. The van der Waals surface area contributed by atoms with E-state index < -0.39 is 0 Å². The van der Waals surface area contributed by atoms with Gasteiger partial charge >= 0.3 is 0 Å². The third kappa shape index (κ3) is 1.86. The van der Waals surface area contributed by atoms with E-state index in [1.165, 1.54) is 38.5 Å². The molecular weight excluding hydrogens is 268 g/mol. The second-order valence-corrected chi connectivity index (χ2v) is 10.00. The number of ketones is 1. The van der Waals surface area contributed by atoms with Crippen LogP contribution in [0.15, 0.2) is 11.6 Å².